The first kappa shape index (κ1) is 13.8. The molecule has 17 heavy (non-hydrogen) atoms. The maximum atomic E-state index is 11.6. The molecular weight excluding hydrogens is 290 g/mol. The molecule has 0 saturated carbocycles. The highest BCUT2D eigenvalue weighted by molar-refractivity contribution is 9.09. The number of hydrogen-bond acceptors (Lipinski definition) is 4. The standard InChI is InChI=1S/C11H14BrNO4/c12-3-5-17-6-4-13-11(16)9-7-8(14)1-2-10(9)15/h1-2,7,14-15H,3-6H2,(H,13,16). The number of carbonyl (C=O) groups is 1. The normalized spacial score (nSPS) is 10.2. The predicted molar refractivity (Wildman–Crippen MR) is 66.7 cm³/mol. The Labute approximate surface area is 108 Å². The summed E-state index contributed by atoms with van der Waals surface area (Å²) in [5.41, 5.74) is 0.0468. The van der Waals surface area contributed by atoms with Crippen molar-refractivity contribution >= 4 is 21.8 Å². The molecule has 0 fully saturated rings. The molecule has 1 aromatic carbocycles. The minimum absolute atomic E-state index is 0.0468. The highest BCUT2D eigenvalue weighted by atomic mass is 79.9. The number of phenols is 2. The number of benzene rings is 1. The fraction of sp³-hybridized carbons (Fsp3) is 0.364. The van der Waals surface area contributed by atoms with Gasteiger partial charge in [-0.1, -0.05) is 15.9 Å². The number of rotatable bonds is 6. The summed E-state index contributed by atoms with van der Waals surface area (Å²) in [5, 5.41) is 22.0. The Morgan fingerprint density at radius 2 is 2.12 bits per heavy atom. The molecule has 94 valence electrons. The molecule has 0 atom stereocenters. The van der Waals surface area contributed by atoms with Crippen LogP contribution in [-0.2, 0) is 4.74 Å². The average Bonchev–Trinajstić information content (AvgIpc) is 2.32. The van der Waals surface area contributed by atoms with Gasteiger partial charge in [0.15, 0.2) is 0 Å². The van der Waals surface area contributed by atoms with Crippen molar-refractivity contribution in [3.8, 4) is 11.5 Å². The van der Waals surface area contributed by atoms with Crippen LogP contribution in [0.25, 0.3) is 0 Å². The third-order valence-electron chi connectivity index (χ3n) is 1.98. The largest absolute Gasteiger partial charge is 0.508 e. The second-order valence-corrected chi connectivity index (χ2v) is 4.05. The first-order valence-electron chi connectivity index (χ1n) is 5.09. The summed E-state index contributed by atoms with van der Waals surface area (Å²) in [6, 6.07) is 3.79. The van der Waals surface area contributed by atoms with Crippen LogP contribution in [0.1, 0.15) is 10.4 Å². The molecule has 0 spiro atoms. The Hall–Kier alpha value is -1.27. The molecular formula is C11H14BrNO4. The van der Waals surface area contributed by atoms with Crippen LogP contribution in [0.2, 0.25) is 0 Å². The van der Waals surface area contributed by atoms with E-state index in [0.717, 1.165) is 5.33 Å². The molecule has 0 aliphatic carbocycles. The number of amides is 1. The van der Waals surface area contributed by atoms with E-state index in [1.165, 1.54) is 18.2 Å². The van der Waals surface area contributed by atoms with E-state index in [-0.39, 0.29) is 17.1 Å². The maximum Gasteiger partial charge on any atom is 0.255 e. The van der Waals surface area contributed by atoms with E-state index in [2.05, 4.69) is 21.2 Å². The molecule has 0 radical (unpaired) electrons. The number of nitrogens with one attached hydrogen (secondary N) is 1. The van der Waals surface area contributed by atoms with Crippen molar-refractivity contribution in [2.45, 2.75) is 0 Å². The lowest BCUT2D eigenvalue weighted by atomic mass is 10.2. The molecule has 0 unspecified atom stereocenters. The van der Waals surface area contributed by atoms with Gasteiger partial charge in [0.2, 0.25) is 0 Å². The minimum atomic E-state index is -0.444. The smallest absolute Gasteiger partial charge is 0.255 e. The van der Waals surface area contributed by atoms with E-state index in [9.17, 15) is 15.0 Å². The van der Waals surface area contributed by atoms with E-state index >= 15 is 0 Å². The van der Waals surface area contributed by atoms with Crippen LogP contribution in [0.15, 0.2) is 18.2 Å². The third-order valence-corrected chi connectivity index (χ3v) is 2.30. The van der Waals surface area contributed by atoms with Gasteiger partial charge < -0.3 is 20.3 Å². The Bertz CT molecular complexity index is 384. The van der Waals surface area contributed by atoms with Crippen LogP contribution in [-0.4, -0.2) is 41.2 Å². The molecule has 0 heterocycles. The molecule has 1 aromatic rings. The van der Waals surface area contributed by atoms with Crippen LogP contribution in [0.5, 0.6) is 11.5 Å². The lowest BCUT2D eigenvalue weighted by Crippen LogP contribution is -2.27. The molecule has 3 N–H and O–H groups in total. The van der Waals surface area contributed by atoms with E-state index in [1.54, 1.807) is 0 Å². The Balaban J connectivity index is 2.44. The van der Waals surface area contributed by atoms with Crippen LogP contribution in [0.3, 0.4) is 0 Å². The summed E-state index contributed by atoms with van der Waals surface area (Å²) in [7, 11) is 0. The number of phenolic OH excluding ortho intramolecular Hbond substituents is 2. The van der Waals surface area contributed by atoms with Gasteiger partial charge in [-0.15, -0.1) is 0 Å². The van der Waals surface area contributed by atoms with Crippen LogP contribution in [0, 0.1) is 0 Å². The topological polar surface area (TPSA) is 78.8 Å². The molecule has 0 aliphatic heterocycles. The molecule has 5 nitrogen and oxygen atoms in total. The Morgan fingerprint density at radius 3 is 2.82 bits per heavy atom. The van der Waals surface area contributed by atoms with Crippen molar-refractivity contribution in [3.63, 3.8) is 0 Å². The Kier molecular flexibility index (Phi) is 5.79. The summed E-state index contributed by atoms with van der Waals surface area (Å²) < 4.78 is 5.15. The quantitative estimate of drug-likeness (QED) is 0.420. The van der Waals surface area contributed by atoms with Gasteiger partial charge in [0.1, 0.15) is 11.5 Å². The van der Waals surface area contributed by atoms with Crippen molar-refractivity contribution in [3.05, 3.63) is 23.8 Å². The number of halogens is 1. The summed E-state index contributed by atoms with van der Waals surface area (Å²) in [6.45, 7) is 1.32. The van der Waals surface area contributed by atoms with Crippen molar-refractivity contribution < 1.29 is 19.7 Å². The fourth-order valence-electron chi connectivity index (χ4n) is 1.19. The average molecular weight is 304 g/mol. The number of aromatic hydroxyl groups is 2. The molecule has 0 aromatic heterocycles. The second-order valence-electron chi connectivity index (χ2n) is 3.26. The zero-order valence-electron chi connectivity index (χ0n) is 9.15. The lowest BCUT2D eigenvalue weighted by Gasteiger charge is -2.07. The number of hydrogen-bond donors (Lipinski definition) is 3. The summed E-state index contributed by atoms with van der Waals surface area (Å²) in [5.74, 6) is -0.675. The van der Waals surface area contributed by atoms with E-state index in [1.807, 2.05) is 0 Å². The highest BCUT2D eigenvalue weighted by Crippen LogP contribution is 2.21. The van der Waals surface area contributed by atoms with Gasteiger partial charge in [0.05, 0.1) is 18.8 Å². The highest BCUT2D eigenvalue weighted by Gasteiger charge is 2.11. The van der Waals surface area contributed by atoms with Crippen molar-refractivity contribution in [2.24, 2.45) is 0 Å². The van der Waals surface area contributed by atoms with Gasteiger partial charge in [-0.2, -0.15) is 0 Å². The molecule has 1 amide bonds. The summed E-state index contributed by atoms with van der Waals surface area (Å²) in [6.07, 6.45) is 0. The molecule has 6 heteroatoms. The van der Waals surface area contributed by atoms with Gasteiger partial charge in [-0.3, -0.25) is 4.79 Å². The third kappa shape index (κ3) is 4.62. The maximum absolute atomic E-state index is 11.6. The molecule has 1 rings (SSSR count). The first-order valence-corrected chi connectivity index (χ1v) is 6.21. The number of ether oxygens (including phenoxy) is 1. The monoisotopic (exact) mass is 303 g/mol. The number of carbonyl (C=O) groups excluding carboxylic acids is 1. The Morgan fingerprint density at radius 1 is 1.35 bits per heavy atom. The van der Waals surface area contributed by atoms with Crippen molar-refractivity contribution in [1.82, 2.24) is 5.32 Å². The lowest BCUT2D eigenvalue weighted by molar-refractivity contribution is 0.0921. The van der Waals surface area contributed by atoms with Crippen molar-refractivity contribution in [2.75, 3.05) is 25.1 Å². The van der Waals surface area contributed by atoms with Crippen LogP contribution >= 0.6 is 15.9 Å². The summed E-state index contributed by atoms with van der Waals surface area (Å²) >= 11 is 3.21. The fourth-order valence-corrected chi connectivity index (χ4v) is 1.42. The van der Waals surface area contributed by atoms with Crippen LogP contribution < -0.4 is 5.32 Å². The molecule has 0 aliphatic rings. The molecule has 0 bridgehead atoms. The number of alkyl halides is 1. The zero-order valence-corrected chi connectivity index (χ0v) is 10.7. The second kappa shape index (κ2) is 7.13. The van der Waals surface area contributed by atoms with Gasteiger partial charge in [0, 0.05) is 11.9 Å². The van der Waals surface area contributed by atoms with Gasteiger partial charge in [-0.05, 0) is 18.2 Å². The first-order chi connectivity index (χ1) is 8.15. The van der Waals surface area contributed by atoms with Crippen molar-refractivity contribution in [1.29, 1.82) is 0 Å². The predicted octanol–water partition coefficient (Wildman–Crippen LogP) is 1.24. The van der Waals surface area contributed by atoms with Gasteiger partial charge in [-0.25, -0.2) is 0 Å². The minimum Gasteiger partial charge on any atom is -0.508 e. The van der Waals surface area contributed by atoms with E-state index < -0.39 is 5.91 Å². The van der Waals surface area contributed by atoms with Gasteiger partial charge in [0.25, 0.3) is 5.91 Å². The SMILES string of the molecule is O=C(NCCOCCBr)c1cc(O)ccc1O. The summed E-state index contributed by atoms with van der Waals surface area (Å²) in [4.78, 5) is 11.6. The van der Waals surface area contributed by atoms with Gasteiger partial charge >= 0.3 is 0 Å². The van der Waals surface area contributed by atoms with E-state index in [0.29, 0.717) is 19.8 Å². The van der Waals surface area contributed by atoms with Crippen LogP contribution in [0.4, 0.5) is 0 Å². The molecule has 0 saturated heterocycles. The van der Waals surface area contributed by atoms with E-state index in [4.69, 9.17) is 4.74 Å². The zero-order chi connectivity index (χ0) is 12.7.